The summed E-state index contributed by atoms with van der Waals surface area (Å²) in [5.74, 6) is 1.47. The van der Waals surface area contributed by atoms with Gasteiger partial charge in [0, 0.05) is 40.7 Å². The second-order valence-corrected chi connectivity index (χ2v) is 17.8. The number of aromatic nitrogens is 3. The van der Waals surface area contributed by atoms with E-state index >= 15 is 0 Å². The van der Waals surface area contributed by atoms with Gasteiger partial charge in [0.2, 0.25) is 18.0 Å². The molecule has 2 aromatic heterocycles. The zero-order chi connectivity index (χ0) is 45.5. The number of hydrogen-bond donors (Lipinski definition) is 3. The third-order valence-electron chi connectivity index (χ3n) is 13.0. The molecule has 2 saturated heterocycles. The summed E-state index contributed by atoms with van der Waals surface area (Å²) in [6.07, 6.45) is 3.23. The maximum absolute atomic E-state index is 13.8. The highest BCUT2D eigenvalue weighted by molar-refractivity contribution is 6.14. The van der Waals surface area contributed by atoms with Crippen LogP contribution in [0.3, 0.4) is 0 Å². The monoisotopic (exact) mass is 881 g/mol. The second kappa shape index (κ2) is 17.9. The lowest BCUT2D eigenvalue weighted by molar-refractivity contribution is -0.135. The number of likely N-dealkylation sites (tertiary alicyclic amines) is 2. The van der Waals surface area contributed by atoms with E-state index in [1.54, 1.807) is 4.90 Å². The van der Waals surface area contributed by atoms with Crippen LogP contribution >= 0.6 is 0 Å². The van der Waals surface area contributed by atoms with E-state index in [9.17, 15) is 19.2 Å². The van der Waals surface area contributed by atoms with Gasteiger partial charge in [-0.15, -0.1) is 0 Å². The van der Waals surface area contributed by atoms with E-state index in [4.69, 9.17) is 29.2 Å². The van der Waals surface area contributed by atoms with Crippen molar-refractivity contribution in [2.75, 3.05) is 33.9 Å². The largest absolute Gasteiger partial charge is 0.465 e. The van der Waals surface area contributed by atoms with Crippen LogP contribution in [0, 0.1) is 11.8 Å². The Labute approximate surface area is 377 Å². The lowest BCUT2D eigenvalue weighted by atomic mass is 10.0. The molecule has 5 aromatic rings. The summed E-state index contributed by atoms with van der Waals surface area (Å²) in [4.78, 5) is 73.5. The number of aliphatic imine (C=N–C) groups is 2. The van der Waals surface area contributed by atoms with E-state index < -0.39 is 30.5 Å². The number of H-pyrrole nitrogens is 1. The van der Waals surface area contributed by atoms with Gasteiger partial charge in [-0.05, 0) is 67.9 Å². The number of methoxy groups -OCH3 is 2. The number of fused-ring (bicyclic) bond motifs is 5. The molecule has 3 aromatic carbocycles. The average Bonchev–Trinajstić information content (AvgIpc) is 4.18. The van der Waals surface area contributed by atoms with Crippen molar-refractivity contribution in [2.45, 2.75) is 83.8 Å². The maximum atomic E-state index is 13.8. The summed E-state index contributed by atoms with van der Waals surface area (Å²) >= 11 is 0. The molecule has 338 valence electrons. The molecule has 0 radical (unpaired) electrons. The van der Waals surface area contributed by atoms with Crippen molar-refractivity contribution in [1.29, 1.82) is 0 Å². The molecule has 5 atom stereocenters. The SMILES string of the molecule is COC(=O)N[C@H](C(=O)N1CCC[C@H]1C1=NCC(c2ccc3c(c2)O[C@@H](c2ccccc2)n2c-3cc3cc(-c4cnc([C@@H]5CCCN5C(=O)[C@@H](NC(=O)OC)C(C)C)[nH]4)ccc32)=N1)C(C)C. The molecule has 16 heteroatoms. The van der Waals surface area contributed by atoms with Gasteiger partial charge < -0.3 is 44.2 Å². The van der Waals surface area contributed by atoms with Crippen LogP contribution in [0.2, 0.25) is 0 Å². The van der Waals surface area contributed by atoms with Gasteiger partial charge >= 0.3 is 12.2 Å². The minimum Gasteiger partial charge on any atom is -0.465 e. The first-order valence-electron chi connectivity index (χ1n) is 22.4. The van der Waals surface area contributed by atoms with Crippen LogP contribution in [-0.4, -0.2) is 112 Å². The van der Waals surface area contributed by atoms with Crippen molar-refractivity contribution < 1.29 is 33.4 Å². The first-order chi connectivity index (χ1) is 31.4. The van der Waals surface area contributed by atoms with Gasteiger partial charge in [0.15, 0.2) is 0 Å². The Kier molecular flexibility index (Phi) is 11.9. The number of carbonyl (C=O) groups is 4. The number of carbonyl (C=O) groups excluding carboxylic acids is 4. The van der Waals surface area contributed by atoms with Crippen molar-refractivity contribution in [2.24, 2.45) is 21.8 Å². The topological polar surface area (TPSA) is 185 Å². The molecule has 0 aliphatic carbocycles. The van der Waals surface area contributed by atoms with E-state index in [0.29, 0.717) is 31.3 Å². The van der Waals surface area contributed by atoms with Gasteiger partial charge in [0.05, 0.1) is 61.7 Å². The third-order valence-corrected chi connectivity index (χ3v) is 13.0. The summed E-state index contributed by atoms with van der Waals surface area (Å²) in [6, 6.07) is 22.9. The number of nitrogens with one attached hydrogen (secondary N) is 3. The Bertz CT molecular complexity index is 2700. The fourth-order valence-electron chi connectivity index (χ4n) is 9.61. The Morgan fingerprint density at radius 3 is 2.09 bits per heavy atom. The Morgan fingerprint density at radius 1 is 0.785 bits per heavy atom. The molecule has 4 amide bonds. The zero-order valence-electron chi connectivity index (χ0n) is 37.5. The molecule has 6 heterocycles. The number of amides is 4. The minimum atomic E-state index is -0.723. The first-order valence-corrected chi connectivity index (χ1v) is 22.4. The highest BCUT2D eigenvalue weighted by Crippen LogP contribution is 2.45. The number of amidine groups is 1. The van der Waals surface area contributed by atoms with Gasteiger partial charge in [-0.1, -0.05) is 70.2 Å². The van der Waals surface area contributed by atoms with Crippen LogP contribution in [0.4, 0.5) is 9.59 Å². The summed E-state index contributed by atoms with van der Waals surface area (Å²) < 4.78 is 18.8. The predicted molar refractivity (Wildman–Crippen MR) is 246 cm³/mol. The van der Waals surface area contributed by atoms with E-state index in [1.807, 2.05) is 63.1 Å². The van der Waals surface area contributed by atoms with Crippen molar-refractivity contribution in [3.8, 4) is 28.3 Å². The van der Waals surface area contributed by atoms with Crippen LogP contribution in [0.15, 0.2) is 89.0 Å². The maximum Gasteiger partial charge on any atom is 0.407 e. The number of alkyl carbamates (subject to hydrolysis) is 2. The molecular weight excluding hydrogens is 827 g/mol. The molecule has 16 nitrogen and oxygen atoms in total. The molecular formula is C49H55N9O7. The highest BCUT2D eigenvalue weighted by atomic mass is 16.5. The minimum absolute atomic E-state index is 0.128. The molecule has 3 N–H and O–H groups in total. The third kappa shape index (κ3) is 8.21. The summed E-state index contributed by atoms with van der Waals surface area (Å²) in [6.45, 7) is 9.11. The number of nitrogens with zero attached hydrogens (tertiary/aromatic N) is 6. The van der Waals surface area contributed by atoms with Gasteiger partial charge in [-0.2, -0.15) is 0 Å². The fourth-order valence-corrected chi connectivity index (χ4v) is 9.61. The highest BCUT2D eigenvalue weighted by Gasteiger charge is 2.40. The zero-order valence-corrected chi connectivity index (χ0v) is 37.5. The molecule has 65 heavy (non-hydrogen) atoms. The summed E-state index contributed by atoms with van der Waals surface area (Å²) in [5, 5.41) is 6.46. The number of hydrogen-bond acceptors (Lipinski definition) is 10. The normalized spacial score (nSPS) is 19.9. The summed E-state index contributed by atoms with van der Waals surface area (Å²) in [7, 11) is 2.58. The van der Waals surface area contributed by atoms with Crippen molar-refractivity contribution in [3.05, 3.63) is 95.9 Å². The summed E-state index contributed by atoms with van der Waals surface area (Å²) in [5.41, 5.74) is 7.43. The van der Waals surface area contributed by atoms with Gasteiger partial charge in [-0.3, -0.25) is 14.6 Å². The standard InChI is InChI=1S/C49H55N9O7/c1-27(2)41(54-48(61)63-5)45(59)56-20-10-14-37(56)43-50-25-34(52-43)30-17-19-36-32(22-30)23-39-33-18-16-31(24-40(33)65-47(58(36)39)29-12-8-7-9-13-29)35-26-51-44(53-35)38-15-11-21-57(38)46(60)42(28(3)4)55-49(62)64-6/h7-9,12-13,16-19,22-25,27-28,37-38,41-42,47H,10-11,14-15,20-21,26H2,1-6H3,(H,50,52)(H,54,61)(H,55,62)/t37-,38-,41-,42-,47-/m0/s1. The van der Waals surface area contributed by atoms with Gasteiger partial charge in [0.1, 0.15) is 29.5 Å². The van der Waals surface area contributed by atoms with E-state index in [0.717, 1.165) is 81.7 Å². The van der Waals surface area contributed by atoms with Crippen LogP contribution in [0.5, 0.6) is 5.75 Å². The lowest BCUT2D eigenvalue weighted by Crippen LogP contribution is -2.53. The first kappa shape index (κ1) is 43.3. The van der Waals surface area contributed by atoms with E-state index in [-0.39, 0.29) is 35.7 Å². The molecule has 0 spiro atoms. The molecule has 4 aliphatic rings. The Hall–Kier alpha value is -6.97. The number of imidazole rings is 1. The second-order valence-electron chi connectivity index (χ2n) is 17.8. The lowest BCUT2D eigenvalue weighted by Gasteiger charge is -2.30. The molecule has 0 unspecified atom stereocenters. The molecule has 4 aliphatic heterocycles. The fraction of sp³-hybridized carbons (Fsp3) is 0.408. The number of aromatic amines is 1. The molecule has 2 fully saturated rings. The Balaban J connectivity index is 0.992. The van der Waals surface area contributed by atoms with Crippen LogP contribution in [-0.2, 0) is 19.1 Å². The van der Waals surface area contributed by atoms with E-state index in [2.05, 4.69) is 68.7 Å². The predicted octanol–water partition coefficient (Wildman–Crippen LogP) is 7.25. The van der Waals surface area contributed by atoms with E-state index in [1.165, 1.54) is 14.2 Å². The van der Waals surface area contributed by atoms with Crippen molar-refractivity contribution in [3.63, 3.8) is 0 Å². The van der Waals surface area contributed by atoms with Crippen molar-refractivity contribution >= 4 is 46.5 Å². The van der Waals surface area contributed by atoms with Crippen LogP contribution < -0.4 is 15.4 Å². The average molecular weight is 882 g/mol. The molecule has 0 bridgehead atoms. The van der Waals surface area contributed by atoms with Crippen LogP contribution in [0.1, 0.15) is 82.6 Å². The van der Waals surface area contributed by atoms with Gasteiger partial charge in [0.25, 0.3) is 0 Å². The molecule has 9 rings (SSSR count). The van der Waals surface area contributed by atoms with Crippen LogP contribution in [0.25, 0.3) is 33.4 Å². The number of rotatable bonds is 11. The van der Waals surface area contributed by atoms with Crippen molar-refractivity contribution in [1.82, 2.24) is 35.0 Å². The smallest absolute Gasteiger partial charge is 0.407 e. The number of ether oxygens (including phenoxy) is 3. The van der Waals surface area contributed by atoms with Gasteiger partial charge in [-0.25, -0.2) is 19.6 Å². The molecule has 0 saturated carbocycles. The Morgan fingerprint density at radius 2 is 1.43 bits per heavy atom. The quantitative estimate of drug-likeness (QED) is 0.124. The number of benzene rings is 3.